The maximum atomic E-state index is 12.9. The number of rotatable bonds is 12. The molecule has 1 aliphatic heterocycles. The first-order valence-electron chi connectivity index (χ1n) is 27.6. The van der Waals surface area contributed by atoms with Crippen molar-refractivity contribution in [3.05, 3.63) is 125 Å². The number of aliphatic hydroxyl groups is 1. The van der Waals surface area contributed by atoms with E-state index in [2.05, 4.69) is 109 Å². The van der Waals surface area contributed by atoms with Crippen LogP contribution in [0.2, 0.25) is 36.3 Å². The predicted molar refractivity (Wildman–Crippen MR) is 347 cm³/mol. The zero-order chi connectivity index (χ0) is 60.4. The number of hydrogen-bond donors (Lipinski definition) is 1. The maximum Gasteiger partial charge on any atom is 2.00 e. The van der Waals surface area contributed by atoms with Crippen LogP contribution in [0, 0.1) is 13.3 Å². The molecule has 1 saturated heterocycles. The number of aliphatic hydroxyl groups excluding tert-OH is 1. The molecule has 3 heterocycles. The molecule has 6 aromatic rings. The Morgan fingerprint density at radius 1 is 0.667 bits per heavy atom. The molecule has 7 rings (SSSR count). The summed E-state index contributed by atoms with van der Waals surface area (Å²) < 4.78 is 40.9. The summed E-state index contributed by atoms with van der Waals surface area (Å²) in [5, 5.41) is 21.3. The molecule has 1 aliphatic rings. The van der Waals surface area contributed by atoms with Crippen molar-refractivity contribution in [2.45, 2.75) is 198 Å². The van der Waals surface area contributed by atoms with Gasteiger partial charge >= 0.3 is 35.2 Å². The van der Waals surface area contributed by atoms with Crippen molar-refractivity contribution in [3.63, 3.8) is 0 Å². The molecule has 84 heavy (non-hydrogen) atoms. The third kappa shape index (κ3) is 25.4. The van der Waals surface area contributed by atoms with Gasteiger partial charge in [-0.3, -0.25) is 4.79 Å². The smallest absolute Gasteiger partial charge is 1.00 e. The van der Waals surface area contributed by atoms with E-state index in [1.54, 1.807) is 85.1 Å². The minimum Gasteiger partial charge on any atom is -1.00 e. The molecule has 19 heteroatoms. The third-order valence-corrected chi connectivity index (χ3v) is 22.7. The molecule has 0 saturated carbocycles. The van der Waals surface area contributed by atoms with E-state index in [9.17, 15) is 19.5 Å². The average Bonchev–Trinajstić information content (AvgIpc) is 4.39. The molecule has 1 fully saturated rings. The summed E-state index contributed by atoms with van der Waals surface area (Å²) in [6.45, 7) is 42.7. The van der Waals surface area contributed by atoms with Gasteiger partial charge in [0.15, 0.2) is 22.9 Å². The number of aromatic nitrogens is 4. The molecule has 4 aromatic carbocycles. The van der Waals surface area contributed by atoms with Gasteiger partial charge in [0.2, 0.25) is 0 Å². The van der Waals surface area contributed by atoms with Crippen LogP contribution in [0.25, 0.3) is 21.8 Å². The topological polar surface area (TPSA) is 172 Å². The molecule has 15 nitrogen and oxygen atoms in total. The van der Waals surface area contributed by atoms with E-state index in [1.807, 2.05) is 44.5 Å². The Morgan fingerprint density at radius 2 is 1.08 bits per heavy atom. The maximum absolute atomic E-state index is 12.9. The molecule has 0 amide bonds. The Labute approximate surface area is 529 Å². The van der Waals surface area contributed by atoms with Crippen LogP contribution >= 0.6 is 0 Å². The first kappa shape index (κ1) is 81.4. The minimum atomic E-state index is -1.86. The molecule has 0 radical (unpaired) electrons. The quantitative estimate of drug-likeness (QED) is 0.0698. The van der Waals surface area contributed by atoms with Crippen molar-refractivity contribution in [1.29, 1.82) is 0 Å². The summed E-state index contributed by atoms with van der Waals surface area (Å²) in [7, 11) is -0.345. The summed E-state index contributed by atoms with van der Waals surface area (Å²) in [6.07, 6.45) is 3.91. The third-order valence-electron chi connectivity index (χ3n) is 13.6. The van der Waals surface area contributed by atoms with Gasteiger partial charge in [0.25, 0.3) is 0 Å². The molecular weight excluding hydrogens is 1130 g/mol. The van der Waals surface area contributed by atoms with Gasteiger partial charge in [0.1, 0.15) is 40.2 Å². The summed E-state index contributed by atoms with van der Waals surface area (Å²) in [4.78, 5) is 36.0. The van der Waals surface area contributed by atoms with E-state index in [1.165, 1.54) is 35.8 Å². The van der Waals surface area contributed by atoms with Crippen LogP contribution in [0.5, 0.6) is 11.5 Å². The molecule has 0 bridgehead atoms. The predicted octanol–water partition coefficient (Wildman–Crippen LogP) is 13.6. The van der Waals surface area contributed by atoms with E-state index in [-0.39, 0.29) is 61.0 Å². The number of ether oxygens (including phenoxy) is 5. The Morgan fingerprint density at radius 3 is 1.49 bits per heavy atom. The van der Waals surface area contributed by atoms with Crippen LogP contribution in [-0.4, -0.2) is 128 Å². The Bertz CT molecular complexity index is 2890. The van der Waals surface area contributed by atoms with Crippen LogP contribution in [0.1, 0.15) is 169 Å². The van der Waals surface area contributed by atoms with Crippen LogP contribution in [-0.2, 0) is 36.1 Å². The van der Waals surface area contributed by atoms with Crippen molar-refractivity contribution >= 4 is 80.0 Å². The van der Waals surface area contributed by atoms with E-state index >= 15 is 0 Å². The second-order valence-corrected chi connectivity index (χ2v) is 34.5. The van der Waals surface area contributed by atoms with Gasteiger partial charge in [0, 0.05) is 42.7 Å². The van der Waals surface area contributed by atoms with Crippen molar-refractivity contribution in [2.75, 3.05) is 34.0 Å². The van der Waals surface area contributed by atoms with Gasteiger partial charge in [-0.05, 0) is 145 Å². The number of fused-ring (bicyclic) bond motifs is 2. The number of nitrogens with zero attached hydrogens (tertiary/aromatic N) is 4. The molecular formula is C65H103ClMgN4O11Si2. The van der Waals surface area contributed by atoms with Gasteiger partial charge in [-0.15, -0.1) is 0 Å². The minimum absolute atomic E-state index is 0. The molecule has 1 unspecified atom stereocenters. The van der Waals surface area contributed by atoms with Gasteiger partial charge in [-0.2, -0.15) is 33.4 Å². The number of aryl methyl sites for hydroxylation is 1. The Kier molecular flexibility index (Phi) is 34.8. The number of carbonyl (C=O) groups excluding carboxylic acids is 3. The number of halogens is 1. The first-order valence-corrected chi connectivity index (χ1v) is 33.4. The summed E-state index contributed by atoms with van der Waals surface area (Å²) in [5.41, 5.74) is 4.62. The van der Waals surface area contributed by atoms with Gasteiger partial charge in [0.05, 0.1) is 31.9 Å². The SMILES string of the molecule is C.C.C1CCOC1.COc1ccc2c(C(O)c3ccc(CO[Si](C)(C)C(C)(C)C)cc3)nn(C(=O)OC(C)(C)C)c2c1.COc1ccc2c(C=O)nn(C(=O)OC(C)(C)C)c2c1.C[CH-]C.Cc1ccc(CCO[Si](C)(C)C(C)(C)C)cc1.[Cl-].[Mg+2]. The number of carbonyl (C=O) groups is 3. The number of methoxy groups -OCH3 is 2. The molecule has 1 atom stereocenters. The zero-order valence-corrected chi connectivity index (χ0v) is 57.3. The van der Waals surface area contributed by atoms with Crippen molar-refractivity contribution in [1.82, 2.24) is 19.6 Å². The number of aldehydes is 1. The van der Waals surface area contributed by atoms with Crippen LogP contribution in [0.3, 0.4) is 0 Å². The van der Waals surface area contributed by atoms with Crippen molar-refractivity contribution in [2.24, 2.45) is 0 Å². The fraction of sp³-hybridized carbons (Fsp3) is 0.538. The fourth-order valence-electron chi connectivity index (χ4n) is 7.01. The normalized spacial score (nSPS) is 12.6. The standard InChI is InChI=1S/C27H38N2O5Si.C15H26OSi.C14H16N2O4.C4H8O.C3H7.2CH4.ClH.Mg/c1-26(2,3)34-25(31)29-22-16-20(32-7)14-15-21(22)23(28-29)24(30)19-12-10-18(11-13-19)17-33-35(8,9)27(4,5)6;1-13-7-9-14(10-8-13)11-12-16-17(5,6)15(2,3)4;1-14(2,3)20-13(18)16-12-7-9(19-4)5-6-10(12)11(8-17)15-16;1-2-4-5-3-1;1-3-2;;;;/h10-16,24,30H,17H2,1-9H3;7-10H,11-12H2,1-6H3;5-8H,1-4H3;1-4H2;3H,1-2H3;2*1H4;1H;/q;;;;-1;;;;+2/p-1. The summed E-state index contributed by atoms with van der Waals surface area (Å²) in [6, 6.07) is 26.7. The van der Waals surface area contributed by atoms with Gasteiger partial charge < -0.3 is 56.5 Å². The summed E-state index contributed by atoms with van der Waals surface area (Å²) >= 11 is 0. The van der Waals surface area contributed by atoms with E-state index in [4.69, 9.17) is 32.5 Å². The molecule has 0 aliphatic carbocycles. The van der Waals surface area contributed by atoms with Crippen LogP contribution in [0.4, 0.5) is 9.59 Å². The average molecular weight is 1230 g/mol. The Balaban J connectivity index is 0. The number of hydrogen-bond acceptors (Lipinski definition) is 13. The molecule has 0 spiro atoms. The van der Waals surface area contributed by atoms with Gasteiger partial charge in [-0.25, -0.2) is 9.59 Å². The van der Waals surface area contributed by atoms with Gasteiger partial charge in [-0.1, -0.05) is 110 Å². The second kappa shape index (κ2) is 35.9. The summed E-state index contributed by atoms with van der Waals surface area (Å²) in [5.74, 6) is 1.15. The molecule has 466 valence electrons. The largest absolute Gasteiger partial charge is 2.00 e. The molecule has 1 N–H and O–H groups in total. The van der Waals surface area contributed by atoms with E-state index in [0.717, 1.165) is 36.5 Å². The number of benzene rings is 4. The zero-order valence-electron chi connectivity index (χ0n) is 53.2. The monoisotopic (exact) mass is 1230 g/mol. The van der Waals surface area contributed by atoms with Crippen molar-refractivity contribution in [3.8, 4) is 11.5 Å². The second-order valence-electron chi connectivity index (χ2n) is 24.9. The van der Waals surface area contributed by atoms with Crippen molar-refractivity contribution < 1.29 is 64.4 Å². The van der Waals surface area contributed by atoms with E-state index < -0.39 is 46.1 Å². The molecule has 2 aromatic heterocycles. The van der Waals surface area contributed by atoms with Crippen LogP contribution < -0.4 is 21.9 Å². The Hall–Kier alpha value is -4.64. The van der Waals surface area contributed by atoms with Crippen LogP contribution in [0.15, 0.2) is 84.9 Å². The fourth-order valence-corrected chi connectivity index (χ4v) is 9.01. The van der Waals surface area contributed by atoms with E-state index in [0.29, 0.717) is 62.5 Å². The first-order chi connectivity index (χ1) is 37.1.